The summed E-state index contributed by atoms with van der Waals surface area (Å²) in [5, 5.41) is 15.8. The van der Waals surface area contributed by atoms with Gasteiger partial charge < -0.3 is 10.4 Å². The molecule has 0 fully saturated rings. The first-order valence-corrected chi connectivity index (χ1v) is 7.68. The van der Waals surface area contributed by atoms with Gasteiger partial charge in [-0.3, -0.25) is 0 Å². The Bertz CT molecular complexity index is 567. The molecule has 0 bridgehead atoms. The molecule has 1 aromatic heterocycles. The Hall–Kier alpha value is -0.840. The van der Waals surface area contributed by atoms with E-state index in [2.05, 4.69) is 27.3 Å². The van der Waals surface area contributed by atoms with Crippen LogP contribution in [0, 0.1) is 0 Å². The van der Waals surface area contributed by atoms with Crippen molar-refractivity contribution in [2.75, 3.05) is 11.9 Å². The van der Waals surface area contributed by atoms with Gasteiger partial charge in [-0.15, -0.1) is 11.3 Å². The van der Waals surface area contributed by atoms with E-state index in [4.69, 9.17) is 0 Å². The molecule has 0 aliphatic carbocycles. The monoisotopic (exact) mass is 323 g/mol. The molecule has 1 atom stereocenters. The van der Waals surface area contributed by atoms with Crippen molar-refractivity contribution in [2.24, 2.45) is 0 Å². The number of benzene rings is 1. The third kappa shape index (κ3) is 2.20. The number of halogens is 1. The summed E-state index contributed by atoms with van der Waals surface area (Å²) in [5.74, 6) is 0. The van der Waals surface area contributed by atoms with Crippen LogP contribution in [-0.4, -0.2) is 11.7 Å². The highest BCUT2D eigenvalue weighted by atomic mass is 79.9. The quantitative estimate of drug-likeness (QED) is 0.901. The maximum absolute atomic E-state index is 10.4. The highest BCUT2D eigenvalue weighted by molar-refractivity contribution is 9.10. The normalized spacial score (nSPS) is 15.2. The molecule has 1 aliphatic heterocycles. The number of aliphatic hydroxyl groups excluding tert-OH is 1. The van der Waals surface area contributed by atoms with Crippen LogP contribution in [0.5, 0.6) is 0 Å². The van der Waals surface area contributed by atoms with Crippen LogP contribution in [0.4, 0.5) is 5.69 Å². The van der Waals surface area contributed by atoms with Crippen molar-refractivity contribution in [3.8, 4) is 0 Å². The number of para-hydroxylation sites is 1. The largest absolute Gasteiger partial charge is 0.388 e. The summed E-state index contributed by atoms with van der Waals surface area (Å²) in [5.41, 5.74) is 3.47. The van der Waals surface area contributed by atoms with Crippen molar-refractivity contribution in [2.45, 2.75) is 18.9 Å². The number of nitrogens with one attached hydrogen (secondary N) is 1. The summed E-state index contributed by atoms with van der Waals surface area (Å²) in [6.07, 6.45) is 1.27. The smallest absolute Gasteiger partial charge is 0.0858 e. The lowest BCUT2D eigenvalue weighted by molar-refractivity contribution is 0.180. The summed E-state index contributed by atoms with van der Waals surface area (Å²) in [4.78, 5) is 1.19. The molecule has 0 saturated heterocycles. The molecule has 2 heterocycles. The van der Waals surface area contributed by atoms with Gasteiger partial charge in [-0.05, 0) is 39.4 Å². The van der Waals surface area contributed by atoms with Gasteiger partial charge in [0.15, 0.2) is 0 Å². The van der Waals surface area contributed by atoms with Crippen molar-refractivity contribution < 1.29 is 5.11 Å². The molecule has 0 spiro atoms. The number of hydrogen-bond donors (Lipinski definition) is 2. The number of rotatable bonds is 3. The summed E-state index contributed by atoms with van der Waals surface area (Å²) in [6.45, 7) is 0.974. The van der Waals surface area contributed by atoms with Gasteiger partial charge in [-0.1, -0.05) is 18.2 Å². The predicted octanol–water partition coefficient (Wildman–Crippen LogP) is 3.75. The fraction of sp³-hybridized carbons (Fsp3) is 0.286. The standard InChI is InChI=1S/C14H14BrNOS/c15-11-5-7-18-13(11)8-12(17)10-3-1-2-9-4-6-16-14(9)10/h1-3,5,7,12,16-17H,4,6,8H2. The van der Waals surface area contributed by atoms with Crippen LogP contribution in [0.3, 0.4) is 0 Å². The molecule has 0 amide bonds. The van der Waals surface area contributed by atoms with E-state index in [-0.39, 0.29) is 0 Å². The van der Waals surface area contributed by atoms with Crippen molar-refractivity contribution in [1.82, 2.24) is 0 Å². The zero-order valence-corrected chi connectivity index (χ0v) is 12.2. The van der Waals surface area contributed by atoms with Crippen LogP contribution in [0.1, 0.15) is 22.1 Å². The van der Waals surface area contributed by atoms with E-state index >= 15 is 0 Å². The molecule has 0 saturated carbocycles. The maximum Gasteiger partial charge on any atom is 0.0858 e. The van der Waals surface area contributed by atoms with Gasteiger partial charge in [-0.25, -0.2) is 0 Å². The van der Waals surface area contributed by atoms with Gasteiger partial charge in [0.05, 0.1) is 6.10 Å². The van der Waals surface area contributed by atoms with Crippen LogP contribution in [0.15, 0.2) is 34.1 Å². The van der Waals surface area contributed by atoms with E-state index < -0.39 is 6.10 Å². The molecule has 1 unspecified atom stereocenters. The molecular formula is C14H14BrNOS. The van der Waals surface area contributed by atoms with Crippen LogP contribution < -0.4 is 5.32 Å². The van der Waals surface area contributed by atoms with E-state index in [1.54, 1.807) is 11.3 Å². The van der Waals surface area contributed by atoms with Gasteiger partial charge in [0.1, 0.15) is 0 Å². The van der Waals surface area contributed by atoms with Gasteiger partial charge >= 0.3 is 0 Å². The van der Waals surface area contributed by atoms with Crippen molar-refractivity contribution >= 4 is 33.0 Å². The Morgan fingerprint density at radius 2 is 2.28 bits per heavy atom. The Labute approximate surface area is 119 Å². The zero-order valence-electron chi connectivity index (χ0n) is 9.82. The molecule has 0 radical (unpaired) electrons. The van der Waals surface area contributed by atoms with Crippen LogP contribution >= 0.6 is 27.3 Å². The summed E-state index contributed by atoms with van der Waals surface area (Å²) in [7, 11) is 0. The minimum absolute atomic E-state index is 0.444. The first-order chi connectivity index (χ1) is 8.75. The van der Waals surface area contributed by atoms with E-state index in [1.807, 2.05) is 23.6 Å². The Morgan fingerprint density at radius 3 is 3.06 bits per heavy atom. The van der Waals surface area contributed by atoms with Gasteiger partial charge in [-0.2, -0.15) is 0 Å². The topological polar surface area (TPSA) is 32.3 Å². The number of anilines is 1. The number of aliphatic hydroxyl groups is 1. The number of fused-ring (bicyclic) bond motifs is 1. The predicted molar refractivity (Wildman–Crippen MR) is 79.3 cm³/mol. The molecule has 18 heavy (non-hydrogen) atoms. The lowest BCUT2D eigenvalue weighted by atomic mass is 10.0. The minimum Gasteiger partial charge on any atom is -0.388 e. The summed E-state index contributed by atoms with van der Waals surface area (Å²) in [6, 6.07) is 8.21. The highest BCUT2D eigenvalue weighted by Crippen LogP contribution is 2.34. The van der Waals surface area contributed by atoms with Crippen LogP contribution in [0.25, 0.3) is 0 Å². The van der Waals surface area contributed by atoms with E-state index in [0.717, 1.165) is 28.7 Å². The van der Waals surface area contributed by atoms with Gasteiger partial charge in [0.25, 0.3) is 0 Å². The first-order valence-electron chi connectivity index (χ1n) is 6.01. The number of thiophene rings is 1. The second-order valence-electron chi connectivity index (χ2n) is 4.47. The van der Waals surface area contributed by atoms with E-state index in [1.165, 1.54) is 10.4 Å². The molecule has 1 aromatic carbocycles. The van der Waals surface area contributed by atoms with Crippen molar-refractivity contribution in [3.05, 3.63) is 50.1 Å². The Kier molecular flexibility index (Phi) is 3.41. The fourth-order valence-electron chi connectivity index (χ4n) is 2.40. The Balaban J connectivity index is 1.87. The van der Waals surface area contributed by atoms with E-state index in [0.29, 0.717) is 6.42 Å². The minimum atomic E-state index is -0.444. The van der Waals surface area contributed by atoms with Crippen LogP contribution in [0.2, 0.25) is 0 Å². The lowest BCUT2D eigenvalue weighted by Gasteiger charge is -2.15. The maximum atomic E-state index is 10.4. The second kappa shape index (κ2) is 5.03. The van der Waals surface area contributed by atoms with Gasteiger partial charge in [0.2, 0.25) is 0 Å². The molecule has 2 N–H and O–H groups in total. The lowest BCUT2D eigenvalue weighted by Crippen LogP contribution is -2.04. The third-order valence-electron chi connectivity index (χ3n) is 3.31. The average Bonchev–Trinajstić information content (AvgIpc) is 2.98. The molecule has 4 heteroatoms. The molecule has 2 aromatic rings. The Morgan fingerprint density at radius 1 is 1.39 bits per heavy atom. The second-order valence-corrected chi connectivity index (χ2v) is 6.32. The SMILES string of the molecule is OC(Cc1sccc1Br)c1cccc2c1NCC2. The van der Waals surface area contributed by atoms with Gasteiger partial charge in [0, 0.05) is 33.6 Å². The third-order valence-corrected chi connectivity index (χ3v) is 5.26. The average molecular weight is 324 g/mol. The van der Waals surface area contributed by atoms with Crippen molar-refractivity contribution in [3.63, 3.8) is 0 Å². The summed E-state index contributed by atoms with van der Waals surface area (Å²) < 4.78 is 1.09. The van der Waals surface area contributed by atoms with Crippen LogP contribution in [-0.2, 0) is 12.8 Å². The fourth-order valence-corrected chi connectivity index (χ4v) is 3.95. The highest BCUT2D eigenvalue weighted by Gasteiger charge is 2.20. The molecule has 2 nitrogen and oxygen atoms in total. The molecule has 3 rings (SSSR count). The van der Waals surface area contributed by atoms with E-state index in [9.17, 15) is 5.11 Å². The molecule has 1 aliphatic rings. The first kappa shape index (κ1) is 12.2. The molecular weight excluding hydrogens is 310 g/mol. The molecule has 94 valence electrons. The zero-order chi connectivity index (χ0) is 12.5. The number of hydrogen-bond acceptors (Lipinski definition) is 3. The summed E-state index contributed by atoms with van der Waals surface area (Å²) >= 11 is 5.19. The van der Waals surface area contributed by atoms with Crippen molar-refractivity contribution in [1.29, 1.82) is 0 Å².